The molecule has 0 atom stereocenters. The maximum absolute atomic E-state index is 12.8. The predicted octanol–water partition coefficient (Wildman–Crippen LogP) is 3.09. The van der Waals surface area contributed by atoms with E-state index in [1.54, 1.807) is 6.20 Å². The fraction of sp³-hybridized carbons (Fsp3) is 0.389. The molecule has 0 fully saturated rings. The summed E-state index contributed by atoms with van der Waals surface area (Å²) in [5, 5.41) is 7.04. The zero-order valence-electron chi connectivity index (χ0n) is 13.7. The molecule has 1 aliphatic heterocycles. The van der Waals surface area contributed by atoms with Gasteiger partial charge in [-0.2, -0.15) is 5.10 Å². The second kappa shape index (κ2) is 6.11. The van der Waals surface area contributed by atoms with E-state index in [9.17, 15) is 4.79 Å². The Bertz CT molecular complexity index is 880. The Labute approximate surface area is 139 Å². The van der Waals surface area contributed by atoms with E-state index in [-0.39, 0.29) is 5.91 Å². The molecule has 3 aromatic rings. The van der Waals surface area contributed by atoms with E-state index in [1.807, 2.05) is 23.1 Å². The van der Waals surface area contributed by atoms with E-state index < -0.39 is 0 Å². The van der Waals surface area contributed by atoms with Gasteiger partial charge < -0.3 is 9.32 Å². The van der Waals surface area contributed by atoms with Crippen LogP contribution in [0.15, 0.2) is 28.8 Å². The van der Waals surface area contributed by atoms with E-state index in [2.05, 4.69) is 22.1 Å². The molecule has 0 saturated carbocycles. The van der Waals surface area contributed by atoms with Crippen LogP contribution >= 0.6 is 0 Å². The summed E-state index contributed by atoms with van der Waals surface area (Å²) in [5.74, 6) is 0.777. The monoisotopic (exact) mass is 324 g/mol. The number of fused-ring (bicyclic) bond motifs is 2. The number of oxazole rings is 1. The van der Waals surface area contributed by atoms with Gasteiger partial charge in [0.2, 0.25) is 0 Å². The minimum atomic E-state index is 0.0295. The Balaban J connectivity index is 1.56. The van der Waals surface area contributed by atoms with Crippen LogP contribution in [-0.4, -0.2) is 32.5 Å². The summed E-state index contributed by atoms with van der Waals surface area (Å²) in [6.45, 7) is 3.44. The molecular formula is C18H20N4O2. The van der Waals surface area contributed by atoms with Crippen molar-refractivity contribution >= 4 is 17.0 Å². The summed E-state index contributed by atoms with van der Waals surface area (Å²) >= 11 is 0. The molecule has 0 saturated heterocycles. The summed E-state index contributed by atoms with van der Waals surface area (Å²) < 4.78 is 5.74. The summed E-state index contributed by atoms with van der Waals surface area (Å²) in [5.41, 5.74) is 4.39. The smallest absolute Gasteiger partial charge is 0.254 e. The van der Waals surface area contributed by atoms with Gasteiger partial charge in [-0.05, 0) is 24.6 Å². The van der Waals surface area contributed by atoms with Gasteiger partial charge in [0.25, 0.3) is 5.91 Å². The number of aromatic nitrogens is 3. The van der Waals surface area contributed by atoms with Crippen molar-refractivity contribution in [3.63, 3.8) is 0 Å². The third-order valence-electron chi connectivity index (χ3n) is 4.51. The summed E-state index contributed by atoms with van der Waals surface area (Å²) in [4.78, 5) is 19.2. The molecule has 0 aliphatic carbocycles. The van der Waals surface area contributed by atoms with Gasteiger partial charge in [0.15, 0.2) is 11.5 Å². The molecule has 1 aliphatic rings. The van der Waals surface area contributed by atoms with Crippen LogP contribution in [0.4, 0.5) is 0 Å². The first-order valence-electron chi connectivity index (χ1n) is 8.44. The molecule has 0 spiro atoms. The van der Waals surface area contributed by atoms with Crippen LogP contribution in [0.25, 0.3) is 11.1 Å². The van der Waals surface area contributed by atoms with Gasteiger partial charge in [0.05, 0.1) is 6.20 Å². The van der Waals surface area contributed by atoms with Crippen molar-refractivity contribution in [1.29, 1.82) is 0 Å². The van der Waals surface area contributed by atoms with Crippen LogP contribution in [0.5, 0.6) is 0 Å². The van der Waals surface area contributed by atoms with E-state index >= 15 is 0 Å². The number of H-pyrrole nitrogens is 1. The lowest BCUT2D eigenvalue weighted by atomic mass is 10.1. The van der Waals surface area contributed by atoms with Crippen LogP contribution in [0.2, 0.25) is 0 Å². The quantitative estimate of drug-likeness (QED) is 0.800. The van der Waals surface area contributed by atoms with Gasteiger partial charge in [-0.3, -0.25) is 9.89 Å². The van der Waals surface area contributed by atoms with Crippen molar-refractivity contribution in [2.24, 2.45) is 0 Å². The van der Waals surface area contributed by atoms with E-state index in [1.165, 1.54) is 0 Å². The van der Waals surface area contributed by atoms with Crippen LogP contribution in [0.3, 0.4) is 0 Å². The molecule has 1 amide bonds. The maximum atomic E-state index is 12.8. The van der Waals surface area contributed by atoms with Gasteiger partial charge in [-0.15, -0.1) is 0 Å². The van der Waals surface area contributed by atoms with Gasteiger partial charge in [0, 0.05) is 42.8 Å². The lowest BCUT2D eigenvalue weighted by Gasteiger charge is -2.26. The van der Waals surface area contributed by atoms with Crippen LogP contribution < -0.4 is 0 Å². The number of benzene rings is 1. The van der Waals surface area contributed by atoms with Crippen molar-refractivity contribution in [3.8, 4) is 0 Å². The molecule has 6 heteroatoms. The fourth-order valence-corrected chi connectivity index (χ4v) is 3.12. The first kappa shape index (κ1) is 14.9. The summed E-state index contributed by atoms with van der Waals surface area (Å²) in [6, 6.07) is 5.50. The van der Waals surface area contributed by atoms with Crippen molar-refractivity contribution in [2.75, 3.05) is 6.54 Å². The second-order valence-corrected chi connectivity index (χ2v) is 6.24. The van der Waals surface area contributed by atoms with Crippen LogP contribution in [0, 0.1) is 0 Å². The van der Waals surface area contributed by atoms with Crippen LogP contribution in [-0.2, 0) is 19.4 Å². The van der Waals surface area contributed by atoms with E-state index in [0.29, 0.717) is 18.7 Å². The molecule has 1 N–H and O–H groups in total. The molecule has 0 unspecified atom stereocenters. The minimum absolute atomic E-state index is 0.0295. The number of hydrogen-bond acceptors (Lipinski definition) is 4. The second-order valence-electron chi connectivity index (χ2n) is 6.24. The zero-order valence-corrected chi connectivity index (χ0v) is 13.7. The topological polar surface area (TPSA) is 75.0 Å². The molecular weight excluding hydrogens is 304 g/mol. The lowest BCUT2D eigenvalue weighted by Crippen LogP contribution is -2.35. The van der Waals surface area contributed by atoms with Crippen LogP contribution in [0.1, 0.15) is 47.3 Å². The van der Waals surface area contributed by atoms with Crippen molar-refractivity contribution in [2.45, 2.75) is 39.2 Å². The normalized spacial score (nSPS) is 14.1. The Kier molecular flexibility index (Phi) is 3.80. The minimum Gasteiger partial charge on any atom is -0.441 e. The first-order valence-corrected chi connectivity index (χ1v) is 8.44. The number of carbonyl (C=O) groups excluding carboxylic acids is 1. The van der Waals surface area contributed by atoms with Crippen molar-refractivity contribution in [1.82, 2.24) is 20.1 Å². The van der Waals surface area contributed by atoms with Gasteiger partial charge >= 0.3 is 0 Å². The fourth-order valence-electron chi connectivity index (χ4n) is 3.12. The van der Waals surface area contributed by atoms with Gasteiger partial charge in [0.1, 0.15) is 5.52 Å². The highest BCUT2D eigenvalue weighted by atomic mass is 16.3. The molecule has 2 aromatic heterocycles. The third kappa shape index (κ3) is 2.68. The Morgan fingerprint density at radius 2 is 2.33 bits per heavy atom. The molecule has 4 rings (SSSR count). The number of aromatic amines is 1. The Morgan fingerprint density at radius 3 is 3.21 bits per heavy atom. The molecule has 0 bridgehead atoms. The van der Waals surface area contributed by atoms with Gasteiger partial charge in [-0.25, -0.2) is 4.98 Å². The molecule has 0 radical (unpaired) electrons. The lowest BCUT2D eigenvalue weighted by molar-refractivity contribution is 0.0734. The first-order chi connectivity index (χ1) is 11.7. The standard InChI is InChI=1S/C18H20N4O2/c1-2-3-4-17-20-15-9-12(5-6-16(15)24-17)18(23)22-8-7-14-13(11-22)10-19-21-14/h5-6,9-10H,2-4,7-8,11H2,1H3,(H,19,21). The molecule has 6 nitrogen and oxygen atoms in total. The molecule has 124 valence electrons. The largest absolute Gasteiger partial charge is 0.441 e. The Morgan fingerprint density at radius 1 is 1.42 bits per heavy atom. The van der Waals surface area contributed by atoms with E-state index in [0.717, 1.165) is 53.9 Å². The highest BCUT2D eigenvalue weighted by molar-refractivity contribution is 5.97. The molecule has 1 aromatic carbocycles. The number of nitrogens with zero attached hydrogens (tertiary/aromatic N) is 3. The highest BCUT2D eigenvalue weighted by Gasteiger charge is 2.23. The SMILES string of the molecule is CCCCc1nc2cc(C(=O)N3CCc4[nH]ncc4C3)ccc2o1. The highest BCUT2D eigenvalue weighted by Crippen LogP contribution is 2.22. The number of carbonyl (C=O) groups is 1. The molecule has 24 heavy (non-hydrogen) atoms. The number of nitrogens with one attached hydrogen (secondary N) is 1. The number of aryl methyl sites for hydroxylation is 1. The number of hydrogen-bond donors (Lipinski definition) is 1. The molecule has 3 heterocycles. The van der Waals surface area contributed by atoms with Crippen molar-refractivity contribution < 1.29 is 9.21 Å². The summed E-state index contributed by atoms with van der Waals surface area (Å²) in [6.07, 6.45) is 5.61. The zero-order chi connectivity index (χ0) is 16.5. The number of amides is 1. The summed E-state index contributed by atoms with van der Waals surface area (Å²) in [7, 11) is 0. The van der Waals surface area contributed by atoms with E-state index in [4.69, 9.17) is 4.42 Å². The Hall–Kier alpha value is -2.63. The average Bonchev–Trinajstić information content (AvgIpc) is 3.23. The number of rotatable bonds is 4. The van der Waals surface area contributed by atoms with Crippen molar-refractivity contribution in [3.05, 3.63) is 47.1 Å². The maximum Gasteiger partial charge on any atom is 0.254 e. The average molecular weight is 324 g/mol. The number of unbranched alkanes of at least 4 members (excludes halogenated alkanes) is 1. The predicted molar refractivity (Wildman–Crippen MR) is 89.7 cm³/mol. The van der Waals surface area contributed by atoms with Gasteiger partial charge in [-0.1, -0.05) is 13.3 Å². The third-order valence-corrected chi connectivity index (χ3v) is 4.51.